The molecule has 1 aromatic rings. The van der Waals surface area contributed by atoms with E-state index in [4.69, 9.17) is 5.73 Å². The maximum absolute atomic E-state index is 11.8. The van der Waals surface area contributed by atoms with Crippen LogP contribution in [0, 0.1) is 0 Å². The molecule has 0 aliphatic heterocycles. The maximum atomic E-state index is 11.8. The third-order valence-electron chi connectivity index (χ3n) is 2.35. The molecule has 0 radical (unpaired) electrons. The lowest BCUT2D eigenvalue weighted by molar-refractivity contribution is -0.118. The quantitative estimate of drug-likeness (QED) is 0.691. The van der Waals surface area contributed by atoms with Crippen LogP contribution in [0.5, 0.6) is 0 Å². The predicted molar refractivity (Wildman–Crippen MR) is 69.6 cm³/mol. The Balaban J connectivity index is 3.00. The van der Waals surface area contributed by atoms with Crippen LogP contribution in [0.1, 0.15) is 13.3 Å². The van der Waals surface area contributed by atoms with Gasteiger partial charge in [-0.15, -0.1) is 0 Å². The second kappa shape index (κ2) is 5.83. The zero-order valence-electron chi connectivity index (χ0n) is 10.3. The van der Waals surface area contributed by atoms with Crippen LogP contribution in [0.25, 0.3) is 0 Å². The van der Waals surface area contributed by atoms with Crippen molar-refractivity contribution in [1.29, 1.82) is 0 Å². The molecule has 0 saturated heterocycles. The van der Waals surface area contributed by atoms with Crippen molar-refractivity contribution in [2.45, 2.75) is 24.3 Å². The van der Waals surface area contributed by atoms with Gasteiger partial charge in [-0.05, 0) is 26.1 Å². The second-order valence-electron chi connectivity index (χ2n) is 3.92. The van der Waals surface area contributed by atoms with Gasteiger partial charge >= 0.3 is 0 Å². The summed E-state index contributed by atoms with van der Waals surface area (Å²) in [5, 5.41) is 2.96. The molecule has 0 spiro atoms. The van der Waals surface area contributed by atoms with E-state index in [9.17, 15) is 13.2 Å². The molecular formula is C11H17N3O3S. The van der Waals surface area contributed by atoms with Crippen molar-refractivity contribution in [3.8, 4) is 0 Å². The van der Waals surface area contributed by atoms with Gasteiger partial charge < -0.3 is 11.1 Å². The zero-order valence-corrected chi connectivity index (χ0v) is 11.1. The monoisotopic (exact) mass is 271 g/mol. The van der Waals surface area contributed by atoms with Gasteiger partial charge in [0, 0.05) is 12.5 Å². The number of anilines is 1. The molecule has 6 nitrogen and oxygen atoms in total. The van der Waals surface area contributed by atoms with Crippen molar-refractivity contribution >= 4 is 21.6 Å². The molecule has 0 bridgehead atoms. The SMILES string of the molecule is CNS(=O)(=O)c1ccccc1NC(C)CC(N)=O. The van der Waals surface area contributed by atoms with Gasteiger partial charge in [-0.25, -0.2) is 13.1 Å². The van der Waals surface area contributed by atoms with Crippen LogP contribution in [0.3, 0.4) is 0 Å². The Morgan fingerprint density at radius 1 is 1.39 bits per heavy atom. The Morgan fingerprint density at radius 2 is 2.00 bits per heavy atom. The van der Waals surface area contributed by atoms with Gasteiger partial charge in [0.15, 0.2) is 0 Å². The van der Waals surface area contributed by atoms with E-state index in [-0.39, 0.29) is 17.4 Å². The topological polar surface area (TPSA) is 101 Å². The number of para-hydroxylation sites is 1. The van der Waals surface area contributed by atoms with Gasteiger partial charge in [-0.3, -0.25) is 4.79 Å². The summed E-state index contributed by atoms with van der Waals surface area (Å²) in [5.74, 6) is -0.441. The number of benzene rings is 1. The zero-order chi connectivity index (χ0) is 13.8. The minimum atomic E-state index is -3.53. The Labute approximate surface area is 107 Å². The Hall–Kier alpha value is -1.60. The van der Waals surface area contributed by atoms with E-state index < -0.39 is 15.9 Å². The molecule has 0 aromatic heterocycles. The number of nitrogens with two attached hydrogens (primary N) is 1. The van der Waals surface area contributed by atoms with Crippen molar-refractivity contribution in [2.75, 3.05) is 12.4 Å². The lowest BCUT2D eigenvalue weighted by Gasteiger charge is -2.16. The largest absolute Gasteiger partial charge is 0.381 e. The molecule has 7 heteroatoms. The summed E-state index contributed by atoms with van der Waals surface area (Å²) in [6.45, 7) is 1.76. The fraction of sp³-hybridized carbons (Fsp3) is 0.364. The first-order valence-corrected chi connectivity index (χ1v) is 6.92. The highest BCUT2D eigenvalue weighted by molar-refractivity contribution is 7.89. The highest BCUT2D eigenvalue weighted by Gasteiger charge is 2.17. The standard InChI is InChI=1S/C11H17N3O3S/c1-8(7-11(12)15)14-9-5-3-4-6-10(9)18(16,17)13-2/h3-6,8,13-14H,7H2,1-2H3,(H2,12,15). The lowest BCUT2D eigenvalue weighted by Crippen LogP contribution is -2.26. The molecule has 0 aliphatic carbocycles. The number of carbonyl (C=O) groups is 1. The third kappa shape index (κ3) is 3.71. The first kappa shape index (κ1) is 14.5. The molecule has 100 valence electrons. The molecule has 0 aliphatic rings. The average molecular weight is 271 g/mol. The summed E-state index contributed by atoms with van der Waals surface area (Å²) in [6.07, 6.45) is 0.133. The number of hydrogen-bond acceptors (Lipinski definition) is 4. The molecular weight excluding hydrogens is 254 g/mol. The molecule has 1 unspecified atom stereocenters. The molecule has 0 saturated carbocycles. The summed E-state index contributed by atoms with van der Waals surface area (Å²) in [4.78, 5) is 10.9. The van der Waals surface area contributed by atoms with E-state index in [0.717, 1.165) is 0 Å². The van der Waals surface area contributed by atoms with Crippen molar-refractivity contribution in [3.63, 3.8) is 0 Å². The van der Waals surface area contributed by atoms with E-state index >= 15 is 0 Å². The Bertz CT molecular complexity index is 528. The third-order valence-corrected chi connectivity index (χ3v) is 3.83. The van der Waals surface area contributed by atoms with Gasteiger partial charge in [-0.2, -0.15) is 0 Å². The minimum absolute atomic E-state index is 0.133. The number of sulfonamides is 1. The highest BCUT2D eigenvalue weighted by atomic mass is 32.2. The number of carbonyl (C=O) groups excluding carboxylic acids is 1. The van der Waals surface area contributed by atoms with Crippen LogP contribution in [-0.2, 0) is 14.8 Å². The van der Waals surface area contributed by atoms with Gasteiger partial charge in [0.25, 0.3) is 0 Å². The fourth-order valence-corrected chi connectivity index (χ4v) is 2.44. The summed E-state index contributed by atoms with van der Waals surface area (Å²) >= 11 is 0. The van der Waals surface area contributed by atoms with Crippen molar-refractivity contribution in [2.24, 2.45) is 5.73 Å². The van der Waals surface area contributed by atoms with Crippen LogP contribution in [0.2, 0.25) is 0 Å². The first-order valence-electron chi connectivity index (χ1n) is 5.44. The van der Waals surface area contributed by atoms with E-state index in [1.807, 2.05) is 0 Å². The molecule has 1 amide bonds. The van der Waals surface area contributed by atoms with Crippen LogP contribution < -0.4 is 15.8 Å². The minimum Gasteiger partial charge on any atom is -0.381 e. The van der Waals surface area contributed by atoms with Gasteiger partial charge in [0.2, 0.25) is 15.9 Å². The van der Waals surface area contributed by atoms with Crippen molar-refractivity contribution < 1.29 is 13.2 Å². The number of hydrogen-bond donors (Lipinski definition) is 3. The van der Waals surface area contributed by atoms with Crippen molar-refractivity contribution in [1.82, 2.24) is 4.72 Å². The van der Waals surface area contributed by atoms with Gasteiger partial charge in [0.1, 0.15) is 4.90 Å². The lowest BCUT2D eigenvalue weighted by atomic mass is 10.2. The highest BCUT2D eigenvalue weighted by Crippen LogP contribution is 2.21. The molecule has 0 fully saturated rings. The van der Waals surface area contributed by atoms with E-state index in [2.05, 4.69) is 10.0 Å². The predicted octanol–water partition coefficient (Wildman–Crippen LogP) is 0.270. The maximum Gasteiger partial charge on any atom is 0.242 e. The van der Waals surface area contributed by atoms with Gasteiger partial charge in [0.05, 0.1) is 5.69 Å². The summed E-state index contributed by atoms with van der Waals surface area (Å²) in [7, 11) is -2.19. The van der Waals surface area contributed by atoms with Crippen molar-refractivity contribution in [3.05, 3.63) is 24.3 Å². The average Bonchev–Trinajstić information content (AvgIpc) is 2.28. The fourth-order valence-electron chi connectivity index (χ4n) is 1.55. The van der Waals surface area contributed by atoms with E-state index in [1.54, 1.807) is 25.1 Å². The number of rotatable bonds is 6. The Morgan fingerprint density at radius 3 is 2.56 bits per heavy atom. The smallest absolute Gasteiger partial charge is 0.242 e. The summed E-state index contributed by atoms with van der Waals surface area (Å²) in [5.41, 5.74) is 5.53. The Kier molecular flexibility index (Phi) is 4.69. The van der Waals surface area contributed by atoms with Crippen LogP contribution >= 0.6 is 0 Å². The van der Waals surface area contributed by atoms with Crippen LogP contribution in [0.4, 0.5) is 5.69 Å². The molecule has 1 rings (SSSR count). The normalized spacial score (nSPS) is 13.0. The van der Waals surface area contributed by atoms with E-state index in [1.165, 1.54) is 13.1 Å². The molecule has 18 heavy (non-hydrogen) atoms. The molecule has 4 N–H and O–H groups in total. The summed E-state index contributed by atoms with van der Waals surface area (Å²) in [6, 6.07) is 6.24. The van der Waals surface area contributed by atoms with Crippen LogP contribution in [0.15, 0.2) is 29.2 Å². The number of nitrogens with one attached hydrogen (secondary N) is 2. The second-order valence-corrected chi connectivity index (χ2v) is 5.77. The first-order chi connectivity index (χ1) is 8.36. The summed E-state index contributed by atoms with van der Waals surface area (Å²) < 4.78 is 25.8. The number of amides is 1. The van der Waals surface area contributed by atoms with Gasteiger partial charge in [-0.1, -0.05) is 12.1 Å². The number of primary amides is 1. The molecule has 0 heterocycles. The van der Waals surface area contributed by atoms with Crippen LogP contribution in [-0.4, -0.2) is 27.4 Å². The van der Waals surface area contributed by atoms with E-state index in [0.29, 0.717) is 5.69 Å². The molecule has 1 aromatic carbocycles. The molecule has 1 atom stereocenters.